The molecule has 5 rings (SSSR count). The van der Waals surface area contributed by atoms with Crippen molar-refractivity contribution in [3.8, 4) is 5.75 Å². The summed E-state index contributed by atoms with van der Waals surface area (Å²) in [5.41, 5.74) is 2.15. The van der Waals surface area contributed by atoms with Crippen LogP contribution in [0.1, 0.15) is 5.56 Å². The zero-order chi connectivity index (χ0) is 21.6. The van der Waals surface area contributed by atoms with Crippen molar-refractivity contribution in [2.45, 2.75) is 4.90 Å². The van der Waals surface area contributed by atoms with Crippen LogP contribution in [-0.4, -0.2) is 17.8 Å². The Morgan fingerprint density at radius 2 is 1.68 bits per heavy atom. The number of thiazole rings is 1. The molecule has 0 aliphatic heterocycles. The first-order valence-electron chi connectivity index (χ1n) is 9.13. The number of hydrogen-bond acceptors (Lipinski definition) is 6. The average Bonchev–Trinajstić information content (AvgIpc) is 3.26. The molecule has 0 aliphatic carbocycles. The molecule has 154 valence electrons. The van der Waals surface area contributed by atoms with Gasteiger partial charge in [0.25, 0.3) is 5.56 Å². The minimum absolute atomic E-state index is 0.0118. The highest BCUT2D eigenvalue weighted by molar-refractivity contribution is 7.87. The van der Waals surface area contributed by atoms with E-state index in [4.69, 9.17) is 15.8 Å². The highest BCUT2D eigenvalue weighted by Crippen LogP contribution is 2.21. The van der Waals surface area contributed by atoms with E-state index in [1.807, 2.05) is 24.3 Å². The molecule has 0 bridgehead atoms. The highest BCUT2D eigenvalue weighted by atomic mass is 35.5. The number of imidazole rings is 1. The van der Waals surface area contributed by atoms with Crippen LogP contribution in [0.3, 0.4) is 0 Å². The summed E-state index contributed by atoms with van der Waals surface area (Å²) in [6.07, 6.45) is 1.74. The molecule has 6 nitrogen and oxygen atoms in total. The molecule has 0 atom stereocenters. The van der Waals surface area contributed by atoms with Gasteiger partial charge < -0.3 is 4.18 Å². The normalized spacial score (nSPS) is 12.6. The molecule has 0 saturated carbocycles. The standard InChI is InChI=1S/C22H13ClN2O4S2/c23-15-7-11-17(12-8-15)31(27,28)29-16-9-5-14(6-10-16)13-20-21(26)25-19-4-2-1-3-18(19)24-22(25)30-20/h1-13H/b20-13-. The minimum atomic E-state index is -3.97. The van der Waals surface area contributed by atoms with E-state index in [2.05, 4.69) is 4.98 Å². The Morgan fingerprint density at radius 1 is 0.968 bits per heavy atom. The van der Waals surface area contributed by atoms with Crippen LogP contribution >= 0.6 is 22.9 Å². The summed E-state index contributed by atoms with van der Waals surface area (Å²) in [4.78, 5) is 18.0. The smallest absolute Gasteiger partial charge is 0.339 e. The van der Waals surface area contributed by atoms with Crippen molar-refractivity contribution < 1.29 is 12.6 Å². The Labute approximate surface area is 185 Å². The summed E-state index contributed by atoms with van der Waals surface area (Å²) in [7, 11) is -3.97. The fourth-order valence-electron chi connectivity index (χ4n) is 3.16. The molecule has 0 radical (unpaired) electrons. The van der Waals surface area contributed by atoms with Gasteiger partial charge in [-0.1, -0.05) is 47.2 Å². The van der Waals surface area contributed by atoms with E-state index in [-0.39, 0.29) is 16.2 Å². The van der Waals surface area contributed by atoms with Gasteiger partial charge in [0, 0.05) is 5.02 Å². The minimum Gasteiger partial charge on any atom is -0.379 e. The van der Waals surface area contributed by atoms with Gasteiger partial charge in [-0.25, -0.2) is 9.38 Å². The predicted octanol–water partition coefficient (Wildman–Crippen LogP) is 3.88. The van der Waals surface area contributed by atoms with Gasteiger partial charge >= 0.3 is 10.1 Å². The van der Waals surface area contributed by atoms with Gasteiger partial charge in [-0.3, -0.25) is 4.79 Å². The third kappa shape index (κ3) is 3.69. The first-order chi connectivity index (χ1) is 14.9. The first-order valence-corrected chi connectivity index (χ1v) is 11.7. The number of nitrogens with zero attached hydrogens (tertiary/aromatic N) is 2. The maximum atomic E-state index is 12.8. The number of halogens is 1. The molecule has 0 amide bonds. The SMILES string of the molecule is O=c1/c(=C/c2ccc(OS(=O)(=O)c3ccc(Cl)cc3)cc2)sc2nc3ccccc3n12. The molecule has 31 heavy (non-hydrogen) atoms. The monoisotopic (exact) mass is 468 g/mol. The summed E-state index contributed by atoms with van der Waals surface area (Å²) < 4.78 is 32.1. The van der Waals surface area contributed by atoms with Crippen molar-refractivity contribution in [2.75, 3.05) is 0 Å². The Kier molecular flexibility index (Phi) is 4.77. The average molecular weight is 469 g/mol. The van der Waals surface area contributed by atoms with Crippen LogP contribution in [0.5, 0.6) is 5.75 Å². The van der Waals surface area contributed by atoms with Crippen LogP contribution < -0.4 is 14.3 Å². The Morgan fingerprint density at radius 3 is 2.42 bits per heavy atom. The van der Waals surface area contributed by atoms with E-state index in [1.165, 1.54) is 47.7 Å². The predicted molar refractivity (Wildman–Crippen MR) is 121 cm³/mol. The Balaban J connectivity index is 1.45. The fraction of sp³-hybridized carbons (Fsp3) is 0. The summed E-state index contributed by atoms with van der Waals surface area (Å²) in [5, 5.41) is 0.436. The molecule has 0 fully saturated rings. The molecule has 5 aromatic rings. The Hall–Kier alpha value is -3.20. The molecule has 0 unspecified atom stereocenters. The number of fused-ring (bicyclic) bond motifs is 3. The van der Waals surface area contributed by atoms with Gasteiger partial charge in [-0.2, -0.15) is 8.42 Å². The van der Waals surface area contributed by atoms with Gasteiger partial charge in [0.1, 0.15) is 10.6 Å². The molecule has 2 heterocycles. The second-order valence-electron chi connectivity index (χ2n) is 6.69. The number of aromatic nitrogens is 2. The summed E-state index contributed by atoms with van der Waals surface area (Å²) in [6.45, 7) is 0. The van der Waals surface area contributed by atoms with E-state index in [1.54, 1.807) is 22.6 Å². The lowest BCUT2D eigenvalue weighted by Gasteiger charge is -2.07. The zero-order valence-electron chi connectivity index (χ0n) is 15.7. The van der Waals surface area contributed by atoms with Crippen molar-refractivity contribution in [3.05, 3.63) is 98.3 Å². The second-order valence-corrected chi connectivity index (χ2v) is 9.69. The lowest BCUT2D eigenvalue weighted by atomic mass is 10.2. The van der Waals surface area contributed by atoms with Gasteiger partial charge in [0.2, 0.25) is 0 Å². The first kappa shape index (κ1) is 19.7. The topological polar surface area (TPSA) is 77.7 Å². The molecule has 3 aromatic carbocycles. The number of benzene rings is 3. The third-order valence-electron chi connectivity index (χ3n) is 4.63. The van der Waals surface area contributed by atoms with Crippen molar-refractivity contribution >= 4 is 55.1 Å². The summed E-state index contributed by atoms with van der Waals surface area (Å²) in [6, 6.07) is 19.7. The number of para-hydroxylation sites is 2. The van der Waals surface area contributed by atoms with E-state index in [0.717, 1.165) is 16.6 Å². The van der Waals surface area contributed by atoms with Crippen molar-refractivity contribution in [1.82, 2.24) is 9.38 Å². The second kappa shape index (κ2) is 7.49. The lowest BCUT2D eigenvalue weighted by Crippen LogP contribution is -2.22. The highest BCUT2D eigenvalue weighted by Gasteiger charge is 2.16. The molecule has 0 N–H and O–H groups in total. The van der Waals surface area contributed by atoms with E-state index in [9.17, 15) is 13.2 Å². The molecule has 9 heteroatoms. The lowest BCUT2D eigenvalue weighted by molar-refractivity contribution is 0.486. The molecule has 0 spiro atoms. The number of hydrogen-bond donors (Lipinski definition) is 0. The fourth-order valence-corrected chi connectivity index (χ4v) is 5.20. The van der Waals surface area contributed by atoms with Gasteiger partial charge in [-0.15, -0.1) is 0 Å². The van der Waals surface area contributed by atoms with Crippen molar-refractivity contribution in [2.24, 2.45) is 0 Å². The van der Waals surface area contributed by atoms with E-state index < -0.39 is 10.1 Å². The largest absolute Gasteiger partial charge is 0.379 e. The maximum absolute atomic E-state index is 12.8. The molecule has 0 aliphatic rings. The van der Waals surface area contributed by atoms with Crippen molar-refractivity contribution in [1.29, 1.82) is 0 Å². The van der Waals surface area contributed by atoms with Crippen LogP contribution in [0, 0.1) is 0 Å². The van der Waals surface area contributed by atoms with Crippen molar-refractivity contribution in [3.63, 3.8) is 0 Å². The van der Waals surface area contributed by atoms with Gasteiger partial charge in [0.05, 0.1) is 15.6 Å². The molecule has 0 saturated heterocycles. The zero-order valence-corrected chi connectivity index (χ0v) is 18.1. The van der Waals surface area contributed by atoms with E-state index in [0.29, 0.717) is 14.5 Å². The Bertz CT molecular complexity index is 1640. The van der Waals surface area contributed by atoms with Crippen LogP contribution in [0.2, 0.25) is 5.02 Å². The van der Waals surface area contributed by atoms with Crippen LogP contribution in [0.15, 0.2) is 82.5 Å². The molecular formula is C22H13ClN2O4S2. The summed E-state index contributed by atoms with van der Waals surface area (Å²) >= 11 is 7.10. The van der Waals surface area contributed by atoms with Crippen LogP contribution in [0.25, 0.3) is 22.1 Å². The molecular weight excluding hydrogens is 456 g/mol. The van der Waals surface area contributed by atoms with Crippen LogP contribution in [0.4, 0.5) is 0 Å². The van der Waals surface area contributed by atoms with E-state index >= 15 is 0 Å². The van der Waals surface area contributed by atoms with Gasteiger partial charge in [-0.05, 0) is 60.2 Å². The summed E-state index contributed by atoms with van der Waals surface area (Å²) in [5.74, 6) is 0.168. The molecule has 2 aromatic heterocycles. The number of rotatable bonds is 4. The third-order valence-corrected chi connectivity index (χ3v) is 7.11. The van der Waals surface area contributed by atoms with Crippen LogP contribution in [-0.2, 0) is 10.1 Å². The maximum Gasteiger partial charge on any atom is 0.339 e. The van der Waals surface area contributed by atoms with Gasteiger partial charge in [0.15, 0.2) is 4.96 Å². The quantitative estimate of drug-likeness (QED) is 0.374.